The van der Waals surface area contributed by atoms with Gasteiger partial charge in [0.15, 0.2) is 0 Å². The van der Waals surface area contributed by atoms with Gasteiger partial charge >= 0.3 is 0 Å². The van der Waals surface area contributed by atoms with Gasteiger partial charge in [-0.25, -0.2) is 4.98 Å². The van der Waals surface area contributed by atoms with E-state index in [1.54, 1.807) is 6.07 Å². The van der Waals surface area contributed by atoms with Crippen LogP contribution in [0.3, 0.4) is 0 Å². The fraction of sp³-hybridized carbons (Fsp3) is 0.625. The summed E-state index contributed by atoms with van der Waals surface area (Å²) in [6, 6.07) is 3.63. The van der Waals surface area contributed by atoms with Crippen LogP contribution >= 0.6 is 0 Å². The summed E-state index contributed by atoms with van der Waals surface area (Å²) in [6.45, 7) is 3.96. The fourth-order valence-electron chi connectivity index (χ4n) is 3.70. The van der Waals surface area contributed by atoms with Crippen molar-refractivity contribution >= 4 is 11.7 Å². The summed E-state index contributed by atoms with van der Waals surface area (Å²) in [7, 11) is 0. The predicted molar refractivity (Wildman–Crippen MR) is 79.4 cm³/mol. The molecule has 20 heavy (non-hydrogen) atoms. The van der Waals surface area contributed by atoms with Crippen LogP contribution in [-0.2, 0) is 6.42 Å². The Morgan fingerprint density at radius 2 is 2.05 bits per heavy atom. The number of hydrogen-bond acceptors (Lipinski definition) is 3. The standard InChI is InChI=1S/C16H23N3O/c1-2-4-14-7-13(8-15(17)18-14)16(20)19-9-11-5-3-6-12(11)10-19/h7-8,11-12H,2-6,9-10H2,1H3,(H2,17,18). The Bertz CT molecular complexity index is 502. The van der Waals surface area contributed by atoms with Crippen LogP contribution in [0.2, 0.25) is 0 Å². The quantitative estimate of drug-likeness (QED) is 0.920. The van der Waals surface area contributed by atoms with Crippen LogP contribution in [0.1, 0.15) is 48.7 Å². The molecule has 108 valence electrons. The SMILES string of the molecule is CCCc1cc(C(=O)N2CC3CCCC3C2)cc(N)n1. The monoisotopic (exact) mass is 273 g/mol. The number of aromatic nitrogens is 1. The highest BCUT2D eigenvalue weighted by molar-refractivity contribution is 5.95. The van der Waals surface area contributed by atoms with Crippen molar-refractivity contribution in [3.63, 3.8) is 0 Å². The number of nitrogens with zero attached hydrogens (tertiary/aromatic N) is 2. The minimum Gasteiger partial charge on any atom is -0.384 e. The Labute approximate surface area is 120 Å². The van der Waals surface area contributed by atoms with Crippen molar-refractivity contribution in [2.45, 2.75) is 39.0 Å². The van der Waals surface area contributed by atoms with Gasteiger partial charge in [-0.2, -0.15) is 0 Å². The lowest BCUT2D eigenvalue weighted by Crippen LogP contribution is -2.29. The van der Waals surface area contributed by atoms with E-state index in [1.807, 2.05) is 11.0 Å². The van der Waals surface area contributed by atoms with Crippen LogP contribution in [0, 0.1) is 11.8 Å². The lowest BCUT2D eigenvalue weighted by atomic mass is 10.0. The number of pyridine rings is 1. The molecule has 1 aromatic rings. The zero-order valence-corrected chi connectivity index (χ0v) is 12.1. The molecule has 4 nitrogen and oxygen atoms in total. The topological polar surface area (TPSA) is 59.2 Å². The normalized spacial score (nSPS) is 24.9. The average molecular weight is 273 g/mol. The van der Waals surface area contributed by atoms with Crippen molar-refractivity contribution in [2.24, 2.45) is 11.8 Å². The van der Waals surface area contributed by atoms with E-state index in [4.69, 9.17) is 5.73 Å². The van der Waals surface area contributed by atoms with Gasteiger partial charge in [0, 0.05) is 24.3 Å². The first-order valence-electron chi connectivity index (χ1n) is 7.73. The summed E-state index contributed by atoms with van der Waals surface area (Å²) >= 11 is 0. The highest BCUT2D eigenvalue weighted by atomic mass is 16.2. The lowest BCUT2D eigenvalue weighted by molar-refractivity contribution is 0.0780. The Morgan fingerprint density at radius 3 is 2.70 bits per heavy atom. The molecule has 2 atom stereocenters. The van der Waals surface area contributed by atoms with Crippen molar-refractivity contribution in [3.05, 3.63) is 23.4 Å². The van der Waals surface area contributed by atoms with Crippen LogP contribution in [0.5, 0.6) is 0 Å². The summed E-state index contributed by atoms with van der Waals surface area (Å²) in [5.74, 6) is 2.05. The van der Waals surface area contributed by atoms with Gasteiger partial charge < -0.3 is 10.6 Å². The van der Waals surface area contributed by atoms with Crippen LogP contribution in [0.15, 0.2) is 12.1 Å². The number of nitrogens with two attached hydrogens (primary N) is 1. The first kappa shape index (κ1) is 13.4. The Morgan fingerprint density at radius 1 is 1.35 bits per heavy atom. The maximum Gasteiger partial charge on any atom is 0.254 e. The number of fused-ring (bicyclic) bond motifs is 1. The smallest absolute Gasteiger partial charge is 0.254 e. The number of likely N-dealkylation sites (tertiary alicyclic amines) is 1. The van der Waals surface area contributed by atoms with Crippen molar-refractivity contribution in [3.8, 4) is 0 Å². The summed E-state index contributed by atoms with van der Waals surface area (Å²) in [4.78, 5) is 18.9. The molecule has 0 radical (unpaired) electrons. The Hall–Kier alpha value is -1.58. The number of amides is 1. The molecule has 2 N–H and O–H groups in total. The highest BCUT2D eigenvalue weighted by Gasteiger charge is 2.38. The molecule has 1 aliphatic carbocycles. The summed E-state index contributed by atoms with van der Waals surface area (Å²) < 4.78 is 0. The van der Waals surface area contributed by atoms with E-state index >= 15 is 0 Å². The number of carbonyl (C=O) groups is 1. The van der Waals surface area contributed by atoms with E-state index < -0.39 is 0 Å². The minimum atomic E-state index is 0.130. The van der Waals surface area contributed by atoms with Gasteiger partial charge in [0.05, 0.1) is 0 Å². The van der Waals surface area contributed by atoms with E-state index in [2.05, 4.69) is 11.9 Å². The van der Waals surface area contributed by atoms with Gasteiger partial charge in [0.1, 0.15) is 5.82 Å². The summed E-state index contributed by atoms with van der Waals surface area (Å²) in [5.41, 5.74) is 7.47. The van der Waals surface area contributed by atoms with E-state index in [1.165, 1.54) is 19.3 Å². The molecule has 0 spiro atoms. The molecule has 1 saturated heterocycles. The van der Waals surface area contributed by atoms with Gasteiger partial charge in [0.2, 0.25) is 0 Å². The minimum absolute atomic E-state index is 0.130. The molecule has 1 aromatic heterocycles. The van der Waals surface area contributed by atoms with Crippen molar-refractivity contribution < 1.29 is 4.79 Å². The van der Waals surface area contributed by atoms with Crippen LogP contribution in [-0.4, -0.2) is 28.9 Å². The molecule has 0 bridgehead atoms. The maximum absolute atomic E-state index is 12.6. The summed E-state index contributed by atoms with van der Waals surface area (Å²) in [6.07, 6.45) is 5.79. The molecule has 1 aliphatic heterocycles. The number of hydrogen-bond donors (Lipinski definition) is 1. The van der Waals surface area contributed by atoms with E-state index in [0.29, 0.717) is 11.4 Å². The van der Waals surface area contributed by atoms with Gasteiger partial charge in [-0.15, -0.1) is 0 Å². The largest absolute Gasteiger partial charge is 0.384 e. The average Bonchev–Trinajstić information content (AvgIpc) is 2.98. The van der Waals surface area contributed by atoms with E-state index in [0.717, 1.165) is 43.5 Å². The maximum atomic E-state index is 12.6. The first-order chi connectivity index (χ1) is 9.67. The predicted octanol–water partition coefficient (Wildman–Crippen LogP) is 2.49. The van der Waals surface area contributed by atoms with Crippen molar-refractivity contribution in [1.29, 1.82) is 0 Å². The number of aryl methyl sites for hydroxylation is 1. The highest BCUT2D eigenvalue weighted by Crippen LogP contribution is 2.38. The second-order valence-electron chi connectivity index (χ2n) is 6.18. The second kappa shape index (κ2) is 5.43. The number of carbonyl (C=O) groups excluding carboxylic acids is 1. The molecule has 1 amide bonds. The van der Waals surface area contributed by atoms with Crippen molar-refractivity contribution in [1.82, 2.24) is 9.88 Å². The molecule has 1 saturated carbocycles. The number of rotatable bonds is 3. The molecular weight excluding hydrogens is 250 g/mol. The van der Waals surface area contributed by atoms with E-state index in [-0.39, 0.29) is 5.91 Å². The summed E-state index contributed by atoms with van der Waals surface area (Å²) in [5, 5.41) is 0. The molecule has 3 rings (SSSR count). The van der Waals surface area contributed by atoms with E-state index in [9.17, 15) is 4.79 Å². The Balaban J connectivity index is 1.77. The molecular formula is C16H23N3O. The van der Waals surface area contributed by atoms with Gasteiger partial charge in [-0.3, -0.25) is 4.79 Å². The molecule has 0 aromatic carbocycles. The first-order valence-corrected chi connectivity index (χ1v) is 7.73. The third kappa shape index (κ3) is 2.51. The lowest BCUT2D eigenvalue weighted by Gasteiger charge is -2.18. The van der Waals surface area contributed by atoms with Gasteiger partial charge in [-0.05, 0) is 43.2 Å². The van der Waals surface area contributed by atoms with Gasteiger partial charge in [0.25, 0.3) is 5.91 Å². The fourth-order valence-corrected chi connectivity index (χ4v) is 3.70. The molecule has 4 heteroatoms. The van der Waals surface area contributed by atoms with Gasteiger partial charge in [-0.1, -0.05) is 19.8 Å². The zero-order valence-electron chi connectivity index (χ0n) is 12.1. The zero-order chi connectivity index (χ0) is 14.1. The molecule has 2 fully saturated rings. The third-order valence-corrected chi connectivity index (χ3v) is 4.66. The van der Waals surface area contributed by atoms with Crippen LogP contribution in [0.25, 0.3) is 0 Å². The molecule has 2 aliphatic rings. The number of anilines is 1. The van der Waals surface area contributed by atoms with Crippen LogP contribution in [0.4, 0.5) is 5.82 Å². The molecule has 2 heterocycles. The third-order valence-electron chi connectivity index (χ3n) is 4.66. The van der Waals surface area contributed by atoms with Crippen molar-refractivity contribution in [2.75, 3.05) is 18.8 Å². The number of nitrogen functional groups attached to an aromatic ring is 1. The van der Waals surface area contributed by atoms with Crippen LogP contribution < -0.4 is 5.73 Å². The molecule has 2 unspecified atom stereocenters. The second-order valence-corrected chi connectivity index (χ2v) is 6.18. The Kier molecular flexibility index (Phi) is 3.64.